The highest BCUT2D eigenvalue weighted by Gasteiger charge is 2.09. The second kappa shape index (κ2) is 7.09. The van der Waals surface area contributed by atoms with Crippen LogP contribution < -0.4 is 16.8 Å². The Balaban J connectivity index is 1.80. The third-order valence-electron chi connectivity index (χ3n) is 4.17. The second-order valence-electron chi connectivity index (χ2n) is 6.05. The maximum absolute atomic E-state index is 12.4. The van der Waals surface area contributed by atoms with Crippen LogP contribution in [0.25, 0.3) is 11.1 Å². The molecule has 0 heterocycles. The van der Waals surface area contributed by atoms with Gasteiger partial charge in [0.25, 0.3) is 5.91 Å². The fraction of sp³-hybridized carbons (Fsp3) is 0.0952. The predicted molar refractivity (Wildman–Crippen MR) is 103 cm³/mol. The molecule has 0 aliphatic carbocycles. The van der Waals surface area contributed by atoms with Crippen molar-refractivity contribution in [1.82, 2.24) is 5.32 Å². The number of carbonyl (C=O) groups excluding carboxylic acids is 1. The van der Waals surface area contributed by atoms with Crippen LogP contribution in [0.1, 0.15) is 21.5 Å². The van der Waals surface area contributed by atoms with Crippen molar-refractivity contribution in [3.8, 4) is 11.1 Å². The van der Waals surface area contributed by atoms with Crippen molar-refractivity contribution in [2.75, 3.05) is 11.5 Å². The molecule has 3 aromatic rings. The Bertz CT molecular complexity index is 881. The molecular formula is C21H21N3O. The highest BCUT2D eigenvalue weighted by atomic mass is 16.1. The minimum absolute atomic E-state index is 0.106. The Hall–Kier alpha value is -3.27. The van der Waals surface area contributed by atoms with Crippen LogP contribution in [0.3, 0.4) is 0 Å². The fourth-order valence-corrected chi connectivity index (χ4v) is 2.71. The molecule has 3 rings (SSSR count). The summed E-state index contributed by atoms with van der Waals surface area (Å²) in [7, 11) is 0. The fourth-order valence-electron chi connectivity index (χ4n) is 2.71. The topological polar surface area (TPSA) is 81.1 Å². The Morgan fingerprint density at radius 2 is 1.68 bits per heavy atom. The molecule has 126 valence electrons. The quantitative estimate of drug-likeness (QED) is 0.637. The standard InChI is InChI=1S/C21H21N3O/c1-14-10-18(12-19(22)20(14)23)16-8-5-9-17(11-16)21(25)24-13-15-6-3-2-4-7-15/h2-12H,13,22-23H2,1H3,(H,24,25). The van der Waals surface area contributed by atoms with Gasteiger partial charge in [0.1, 0.15) is 0 Å². The molecular weight excluding hydrogens is 310 g/mol. The Morgan fingerprint density at radius 1 is 0.920 bits per heavy atom. The summed E-state index contributed by atoms with van der Waals surface area (Å²) >= 11 is 0. The molecule has 4 heteroatoms. The molecule has 0 aliphatic rings. The normalized spacial score (nSPS) is 10.4. The summed E-state index contributed by atoms with van der Waals surface area (Å²) in [6.07, 6.45) is 0. The van der Waals surface area contributed by atoms with Gasteiger partial charge in [-0.2, -0.15) is 0 Å². The van der Waals surface area contributed by atoms with E-state index in [1.54, 1.807) is 6.07 Å². The first-order chi connectivity index (χ1) is 12.0. The van der Waals surface area contributed by atoms with Gasteiger partial charge < -0.3 is 16.8 Å². The first-order valence-electron chi connectivity index (χ1n) is 8.13. The van der Waals surface area contributed by atoms with E-state index in [1.165, 1.54) is 0 Å². The van der Waals surface area contributed by atoms with E-state index < -0.39 is 0 Å². The van der Waals surface area contributed by atoms with Gasteiger partial charge >= 0.3 is 0 Å². The minimum Gasteiger partial charge on any atom is -0.397 e. The number of nitrogen functional groups attached to an aromatic ring is 2. The number of anilines is 2. The van der Waals surface area contributed by atoms with Crippen molar-refractivity contribution in [2.24, 2.45) is 0 Å². The van der Waals surface area contributed by atoms with Gasteiger partial charge in [-0.3, -0.25) is 4.79 Å². The molecule has 0 unspecified atom stereocenters. The summed E-state index contributed by atoms with van der Waals surface area (Å²) in [5, 5.41) is 2.94. The monoisotopic (exact) mass is 331 g/mol. The number of hydrogen-bond donors (Lipinski definition) is 3. The molecule has 5 N–H and O–H groups in total. The van der Waals surface area contributed by atoms with Crippen LogP contribution in [-0.4, -0.2) is 5.91 Å². The van der Waals surface area contributed by atoms with Crippen LogP contribution in [0, 0.1) is 6.92 Å². The van der Waals surface area contributed by atoms with Gasteiger partial charge in [-0.1, -0.05) is 42.5 Å². The number of aryl methyl sites for hydroxylation is 1. The molecule has 0 atom stereocenters. The van der Waals surface area contributed by atoms with Crippen LogP contribution in [0.5, 0.6) is 0 Å². The van der Waals surface area contributed by atoms with E-state index in [2.05, 4.69) is 5.32 Å². The molecule has 0 aliphatic heterocycles. The molecule has 0 fully saturated rings. The number of benzene rings is 3. The first-order valence-corrected chi connectivity index (χ1v) is 8.13. The van der Waals surface area contributed by atoms with E-state index >= 15 is 0 Å². The van der Waals surface area contributed by atoms with E-state index in [9.17, 15) is 4.79 Å². The molecule has 4 nitrogen and oxygen atoms in total. The lowest BCUT2D eigenvalue weighted by atomic mass is 9.99. The summed E-state index contributed by atoms with van der Waals surface area (Å²) in [6.45, 7) is 2.42. The maximum atomic E-state index is 12.4. The van der Waals surface area contributed by atoms with Crippen LogP contribution in [-0.2, 0) is 6.54 Å². The third-order valence-corrected chi connectivity index (χ3v) is 4.17. The number of amides is 1. The van der Waals surface area contributed by atoms with Gasteiger partial charge in [-0.15, -0.1) is 0 Å². The zero-order chi connectivity index (χ0) is 17.8. The summed E-state index contributed by atoms with van der Waals surface area (Å²) < 4.78 is 0. The van der Waals surface area contributed by atoms with Crippen LogP contribution >= 0.6 is 0 Å². The molecule has 0 saturated carbocycles. The molecule has 0 spiro atoms. The van der Waals surface area contributed by atoms with Crippen molar-refractivity contribution in [3.63, 3.8) is 0 Å². The van der Waals surface area contributed by atoms with E-state index in [0.29, 0.717) is 23.5 Å². The van der Waals surface area contributed by atoms with Crippen molar-refractivity contribution in [3.05, 3.63) is 83.4 Å². The van der Waals surface area contributed by atoms with E-state index in [-0.39, 0.29) is 5.91 Å². The van der Waals surface area contributed by atoms with Crippen LogP contribution in [0.15, 0.2) is 66.7 Å². The van der Waals surface area contributed by atoms with E-state index in [4.69, 9.17) is 11.5 Å². The Morgan fingerprint density at radius 3 is 2.40 bits per heavy atom. The molecule has 0 saturated heterocycles. The van der Waals surface area contributed by atoms with Gasteiger partial charge in [0, 0.05) is 12.1 Å². The van der Waals surface area contributed by atoms with Crippen molar-refractivity contribution < 1.29 is 4.79 Å². The Labute approximate surface area is 147 Å². The number of nitrogens with one attached hydrogen (secondary N) is 1. The summed E-state index contributed by atoms with van der Waals surface area (Å²) in [5.41, 5.74) is 17.5. The molecule has 0 aromatic heterocycles. The van der Waals surface area contributed by atoms with E-state index in [1.807, 2.05) is 67.6 Å². The molecule has 1 amide bonds. The minimum atomic E-state index is -0.106. The van der Waals surface area contributed by atoms with Gasteiger partial charge in [-0.05, 0) is 53.4 Å². The lowest BCUT2D eigenvalue weighted by Crippen LogP contribution is -2.22. The highest BCUT2D eigenvalue weighted by molar-refractivity contribution is 5.95. The molecule has 0 bridgehead atoms. The largest absolute Gasteiger partial charge is 0.397 e. The van der Waals surface area contributed by atoms with Crippen molar-refractivity contribution in [2.45, 2.75) is 13.5 Å². The Kier molecular flexibility index (Phi) is 4.70. The van der Waals surface area contributed by atoms with Crippen molar-refractivity contribution >= 4 is 17.3 Å². The highest BCUT2D eigenvalue weighted by Crippen LogP contribution is 2.29. The third kappa shape index (κ3) is 3.80. The maximum Gasteiger partial charge on any atom is 0.251 e. The zero-order valence-corrected chi connectivity index (χ0v) is 14.1. The second-order valence-corrected chi connectivity index (χ2v) is 6.05. The average molecular weight is 331 g/mol. The SMILES string of the molecule is Cc1cc(-c2cccc(C(=O)NCc3ccccc3)c2)cc(N)c1N. The molecule has 25 heavy (non-hydrogen) atoms. The number of rotatable bonds is 4. The number of hydrogen-bond acceptors (Lipinski definition) is 3. The van der Waals surface area contributed by atoms with Gasteiger partial charge in [0.2, 0.25) is 0 Å². The first kappa shape index (κ1) is 16.6. The van der Waals surface area contributed by atoms with Crippen LogP contribution in [0.4, 0.5) is 11.4 Å². The average Bonchev–Trinajstić information content (AvgIpc) is 2.64. The predicted octanol–water partition coefficient (Wildman–Crippen LogP) is 3.76. The van der Waals surface area contributed by atoms with Crippen molar-refractivity contribution in [1.29, 1.82) is 0 Å². The molecule has 3 aromatic carbocycles. The smallest absolute Gasteiger partial charge is 0.251 e. The summed E-state index contributed by atoms with van der Waals surface area (Å²) in [4.78, 5) is 12.4. The summed E-state index contributed by atoms with van der Waals surface area (Å²) in [6, 6.07) is 21.1. The molecule has 0 radical (unpaired) electrons. The number of carbonyl (C=O) groups is 1. The van der Waals surface area contributed by atoms with Gasteiger partial charge in [-0.25, -0.2) is 0 Å². The summed E-state index contributed by atoms with van der Waals surface area (Å²) in [5.74, 6) is -0.106. The lowest BCUT2D eigenvalue weighted by Gasteiger charge is -2.10. The van der Waals surface area contributed by atoms with Gasteiger partial charge in [0.15, 0.2) is 0 Å². The van der Waals surface area contributed by atoms with Gasteiger partial charge in [0.05, 0.1) is 11.4 Å². The zero-order valence-electron chi connectivity index (χ0n) is 14.1. The van der Waals surface area contributed by atoms with E-state index in [0.717, 1.165) is 22.3 Å². The number of nitrogens with two attached hydrogens (primary N) is 2. The van der Waals surface area contributed by atoms with Crippen LogP contribution in [0.2, 0.25) is 0 Å². The lowest BCUT2D eigenvalue weighted by molar-refractivity contribution is 0.0951.